The van der Waals surface area contributed by atoms with Gasteiger partial charge in [0.15, 0.2) is 5.72 Å². The number of nitrogens with zero attached hydrogens (tertiary/aromatic N) is 3. The molecule has 3 unspecified atom stereocenters. The number of amides is 1. The summed E-state index contributed by atoms with van der Waals surface area (Å²) in [6, 6.07) is 15.5. The monoisotopic (exact) mass is 597 g/mol. The van der Waals surface area contributed by atoms with Gasteiger partial charge in [-0.1, -0.05) is 41.9 Å². The van der Waals surface area contributed by atoms with E-state index in [2.05, 4.69) is 4.98 Å². The second-order valence-electron chi connectivity index (χ2n) is 10.3. The Hall–Kier alpha value is -3.46. The van der Waals surface area contributed by atoms with Gasteiger partial charge in [-0.15, -0.1) is 0 Å². The van der Waals surface area contributed by atoms with Gasteiger partial charge in [0.25, 0.3) is 5.91 Å². The van der Waals surface area contributed by atoms with Crippen LogP contribution >= 0.6 is 11.6 Å². The van der Waals surface area contributed by atoms with E-state index in [0.717, 1.165) is 0 Å². The Kier molecular flexibility index (Phi) is 9.16. The van der Waals surface area contributed by atoms with Crippen LogP contribution < -0.4 is 0 Å². The Labute approximate surface area is 247 Å². The number of aliphatic hydroxyl groups excluding tert-OH is 2. The summed E-state index contributed by atoms with van der Waals surface area (Å²) in [4.78, 5) is 20.1. The molecule has 1 fully saturated rings. The molecule has 1 aromatic heterocycles. The van der Waals surface area contributed by atoms with Crippen LogP contribution in [0.1, 0.15) is 46.6 Å². The molecule has 8 nitrogen and oxygen atoms in total. The number of carbonyl (C=O) groups is 1. The average Bonchev–Trinajstić information content (AvgIpc) is 3.23. The van der Waals surface area contributed by atoms with E-state index in [1.165, 1.54) is 11.0 Å². The summed E-state index contributed by atoms with van der Waals surface area (Å²) in [5, 5.41) is 29.8. The number of halogens is 3. The molecule has 0 saturated carbocycles. The van der Waals surface area contributed by atoms with Gasteiger partial charge in [-0.3, -0.25) is 9.69 Å². The van der Waals surface area contributed by atoms with E-state index in [0.29, 0.717) is 16.3 Å². The molecule has 2 aliphatic heterocycles. The molecule has 5 rings (SSSR count). The molecule has 0 aliphatic carbocycles. The van der Waals surface area contributed by atoms with Crippen molar-refractivity contribution in [1.29, 1.82) is 5.26 Å². The number of pyridine rings is 1. The van der Waals surface area contributed by atoms with Crippen LogP contribution in [0.25, 0.3) is 11.1 Å². The molecular formula is C31H30ClF2N3O5. The first kappa shape index (κ1) is 30.0. The van der Waals surface area contributed by atoms with E-state index in [-0.39, 0.29) is 67.9 Å². The highest BCUT2D eigenvalue weighted by Gasteiger charge is 2.56. The van der Waals surface area contributed by atoms with Gasteiger partial charge in [-0.2, -0.15) is 5.26 Å². The number of benzene rings is 2. The zero-order chi connectivity index (χ0) is 29.9. The first-order valence-corrected chi connectivity index (χ1v) is 14.1. The fourth-order valence-electron chi connectivity index (χ4n) is 5.94. The van der Waals surface area contributed by atoms with E-state index in [1.807, 2.05) is 6.07 Å². The molecule has 11 heteroatoms. The van der Waals surface area contributed by atoms with E-state index in [9.17, 15) is 24.7 Å². The van der Waals surface area contributed by atoms with Gasteiger partial charge in [0, 0.05) is 54.3 Å². The van der Waals surface area contributed by atoms with E-state index in [1.54, 1.807) is 48.5 Å². The first-order chi connectivity index (χ1) is 20.3. The van der Waals surface area contributed by atoms with Gasteiger partial charge in [0.1, 0.15) is 23.8 Å². The third kappa shape index (κ3) is 5.63. The fraction of sp³-hybridized carbons (Fsp3) is 0.387. The Morgan fingerprint density at radius 1 is 1.19 bits per heavy atom. The van der Waals surface area contributed by atoms with Gasteiger partial charge < -0.3 is 19.7 Å². The fourth-order valence-corrected chi connectivity index (χ4v) is 6.07. The van der Waals surface area contributed by atoms with Crippen molar-refractivity contribution in [3.8, 4) is 17.2 Å². The number of hydrogen-bond acceptors (Lipinski definition) is 7. The predicted octanol–water partition coefficient (Wildman–Crippen LogP) is 4.54. The minimum atomic E-state index is -1.72. The van der Waals surface area contributed by atoms with Gasteiger partial charge in [0.2, 0.25) is 0 Å². The molecule has 1 saturated heterocycles. The second-order valence-corrected chi connectivity index (χ2v) is 10.7. The maximum atomic E-state index is 16.5. The third-order valence-electron chi connectivity index (χ3n) is 7.75. The largest absolute Gasteiger partial charge is 0.396 e. The SMILES string of the molecule is N#Cc1cccc(C[C@@]2(OCCO)c3ccc(-c4ccc(Cl)cc4)c(F)c3C(=O)N2C(CCO)C2CC(F)CCO2)n1. The molecule has 42 heavy (non-hydrogen) atoms. The summed E-state index contributed by atoms with van der Waals surface area (Å²) >= 11 is 6.03. The van der Waals surface area contributed by atoms with Crippen molar-refractivity contribution < 1.29 is 33.3 Å². The van der Waals surface area contributed by atoms with Crippen molar-refractivity contribution in [2.75, 3.05) is 26.4 Å². The van der Waals surface area contributed by atoms with Crippen LogP contribution in [0, 0.1) is 17.1 Å². The maximum absolute atomic E-state index is 16.5. The number of alkyl halides is 1. The number of rotatable bonds is 10. The summed E-state index contributed by atoms with van der Waals surface area (Å²) < 4.78 is 43.3. The molecule has 0 spiro atoms. The third-order valence-corrected chi connectivity index (χ3v) is 8.00. The maximum Gasteiger partial charge on any atom is 0.260 e. The number of aliphatic hydroxyl groups is 2. The van der Waals surface area contributed by atoms with Crippen LogP contribution in [0.3, 0.4) is 0 Å². The highest BCUT2D eigenvalue weighted by Crippen LogP contribution is 2.48. The van der Waals surface area contributed by atoms with Crippen molar-refractivity contribution in [3.05, 3.63) is 88.0 Å². The van der Waals surface area contributed by atoms with Crippen LogP contribution in [-0.4, -0.2) is 70.7 Å². The number of hydrogen-bond donors (Lipinski definition) is 2. The van der Waals surface area contributed by atoms with Gasteiger partial charge in [0.05, 0.1) is 30.9 Å². The van der Waals surface area contributed by atoms with Crippen LogP contribution in [0.5, 0.6) is 0 Å². The molecule has 2 aromatic carbocycles. The van der Waals surface area contributed by atoms with Crippen LogP contribution in [0.4, 0.5) is 8.78 Å². The standard InChI is InChI=1S/C31H30ClF2N3O5/c32-20-6-4-19(5-7-20)24-8-9-25-28(29(24)34)30(40)37(26(10-12-38)27-16-21(33)11-14-41-27)31(25,42-15-13-39)17-22-2-1-3-23(18-35)36-22/h1-9,21,26-27,38-39H,10-17H2/t21?,26?,27?,31-/m1/s1. The number of fused-ring (bicyclic) bond motifs is 1. The highest BCUT2D eigenvalue weighted by molar-refractivity contribution is 6.30. The molecular weight excluding hydrogens is 568 g/mol. The number of aromatic nitrogens is 1. The average molecular weight is 598 g/mol. The molecule has 220 valence electrons. The van der Waals surface area contributed by atoms with Crippen LogP contribution in [-0.2, 0) is 21.6 Å². The van der Waals surface area contributed by atoms with E-state index >= 15 is 4.39 Å². The van der Waals surface area contributed by atoms with Gasteiger partial charge in [-0.05, 0) is 36.2 Å². The summed E-state index contributed by atoms with van der Waals surface area (Å²) in [5.74, 6) is -1.51. The van der Waals surface area contributed by atoms with Crippen molar-refractivity contribution >= 4 is 17.5 Å². The highest BCUT2D eigenvalue weighted by atomic mass is 35.5. The zero-order valence-corrected chi connectivity index (χ0v) is 23.4. The summed E-state index contributed by atoms with van der Waals surface area (Å²) in [7, 11) is 0. The predicted molar refractivity (Wildman–Crippen MR) is 150 cm³/mol. The molecule has 3 heterocycles. The smallest absolute Gasteiger partial charge is 0.260 e. The summed E-state index contributed by atoms with van der Waals surface area (Å²) in [6.07, 6.45) is -1.94. The first-order valence-electron chi connectivity index (χ1n) is 13.7. The lowest BCUT2D eigenvalue weighted by molar-refractivity contribution is -0.180. The van der Waals surface area contributed by atoms with Gasteiger partial charge >= 0.3 is 0 Å². The lowest BCUT2D eigenvalue weighted by atomic mass is 9.90. The number of carbonyl (C=O) groups excluding carboxylic acids is 1. The lowest BCUT2D eigenvalue weighted by Gasteiger charge is -2.46. The van der Waals surface area contributed by atoms with E-state index in [4.69, 9.17) is 21.1 Å². The summed E-state index contributed by atoms with van der Waals surface area (Å²) in [6.45, 7) is -0.884. The summed E-state index contributed by atoms with van der Waals surface area (Å²) in [5.41, 5.74) is -0.606. The zero-order valence-electron chi connectivity index (χ0n) is 22.7. The Morgan fingerprint density at radius 3 is 2.67 bits per heavy atom. The number of nitriles is 1. The minimum Gasteiger partial charge on any atom is -0.396 e. The topological polar surface area (TPSA) is 116 Å². The Bertz CT molecular complexity index is 1480. The Morgan fingerprint density at radius 2 is 1.98 bits per heavy atom. The van der Waals surface area contributed by atoms with Crippen molar-refractivity contribution in [2.45, 2.75) is 49.7 Å². The minimum absolute atomic E-state index is 0.00131. The Balaban J connectivity index is 1.72. The molecule has 2 aliphatic rings. The van der Waals surface area contributed by atoms with Crippen molar-refractivity contribution in [1.82, 2.24) is 9.88 Å². The normalized spacial score (nSPS) is 22.6. The molecule has 1 amide bonds. The van der Waals surface area contributed by atoms with Crippen molar-refractivity contribution in [2.24, 2.45) is 0 Å². The molecule has 4 atom stereocenters. The molecule has 0 radical (unpaired) electrons. The second kappa shape index (κ2) is 12.8. The van der Waals surface area contributed by atoms with Crippen molar-refractivity contribution in [3.63, 3.8) is 0 Å². The molecule has 3 aromatic rings. The van der Waals surface area contributed by atoms with Crippen LogP contribution in [0.15, 0.2) is 54.6 Å². The number of ether oxygens (including phenoxy) is 2. The lowest BCUT2D eigenvalue weighted by Crippen LogP contribution is -2.58. The molecule has 2 N–H and O–H groups in total. The van der Waals surface area contributed by atoms with Gasteiger partial charge in [-0.25, -0.2) is 13.8 Å². The van der Waals surface area contributed by atoms with E-state index < -0.39 is 42.4 Å². The quantitative estimate of drug-likeness (QED) is 0.352. The molecule has 0 bridgehead atoms. The van der Waals surface area contributed by atoms with Crippen LogP contribution in [0.2, 0.25) is 5.02 Å².